The summed E-state index contributed by atoms with van der Waals surface area (Å²) in [5.74, 6) is 0.951. The van der Waals surface area contributed by atoms with Crippen molar-refractivity contribution in [1.29, 1.82) is 0 Å². The summed E-state index contributed by atoms with van der Waals surface area (Å²) in [5.41, 5.74) is 6.98. The molecule has 0 spiro atoms. The number of nitrogens with two attached hydrogens (primary N) is 1. The Hall–Kier alpha value is -0.710. The van der Waals surface area contributed by atoms with E-state index in [2.05, 4.69) is 6.07 Å². The minimum absolute atomic E-state index is 0.116. The average Bonchev–Trinajstić information content (AvgIpc) is 2.17. The lowest BCUT2D eigenvalue weighted by molar-refractivity contribution is 0.263. The van der Waals surface area contributed by atoms with E-state index in [4.69, 9.17) is 14.7 Å². The van der Waals surface area contributed by atoms with Gasteiger partial charge in [-0.25, -0.2) is 0 Å². The molecule has 1 unspecified atom stereocenters. The van der Waals surface area contributed by atoms with Crippen molar-refractivity contribution in [1.82, 2.24) is 0 Å². The van der Waals surface area contributed by atoms with Crippen molar-refractivity contribution in [3.63, 3.8) is 0 Å². The molecule has 76 valence electrons. The van der Waals surface area contributed by atoms with Crippen molar-refractivity contribution in [2.24, 2.45) is 5.73 Å². The molecule has 1 aliphatic rings. The first-order valence-electron chi connectivity index (χ1n) is 4.51. The third-order valence-corrected chi connectivity index (χ3v) is 2.76. The maximum absolute atomic E-state index is 5.81. The second-order valence-electron chi connectivity index (χ2n) is 3.29. The van der Waals surface area contributed by atoms with Crippen LogP contribution in [0.5, 0.6) is 5.75 Å². The summed E-state index contributed by atoms with van der Waals surface area (Å²) in [6.45, 7) is 0.615. The molecule has 0 fully saturated rings. The number of benzene rings is 1. The van der Waals surface area contributed by atoms with Crippen LogP contribution < -0.4 is 10.5 Å². The summed E-state index contributed by atoms with van der Waals surface area (Å²) < 4.78 is 10.5. The zero-order chi connectivity index (χ0) is 9.97. The summed E-state index contributed by atoms with van der Waals surface area (Å²) in [4.78, 5) is 1.09. The fourth-order valence-electron chi connectivity index (χ4n) is 1.54. The number of fused-ring (bicyclic) bond motifs is 1. The van der Waals surface area contributed by atoms with Crippen molar-refractivity contribution < 1.29 is 8.92 Å². The molecule has 1 heterocycles. The van der Waals surface area contributed by atoms with Gasteiger partial charge in [0, 0.05) is 23.0 Å². The Bertz CT molecular complexity index is 330. The van der Waals surface area contributed by atoms with Gasteiger partial charge in [-0.1, -0.05) is 0 Å². The first kappa shape index (κ1) is 9.83. The van der Waals surface area contributed by atoms with Crippen LogP contribution in [0, 0.1) is 0 Å². The van der Waals surface area contributed by atoms with Crippen LogP contribution in [0.15, 0.2) is 23.1 Å². The molecular formula is C10H13NO2S. The van der Waals surface area contributed by atoms with Crippen LogP contribution in [-0.4, -0.2) is 19.8 Å². The highest BCUT2D eigenvalue weighted by molar-refractivity contribution is 7.94. The predicted molar refractivity (Wildman–Crippen MR) is 56.5 cm³/mol. The minimum Gasteiger partial charge on any atom is -0.492 e. The van der Waals surface area contributed by atoms with E-state index in [1.165, 1.54) is 17.6 Å². The Kier molecular flexibility index (Phi) is 2.96. The van der Waals surface area contributed by atoms with Crippen LogP contribution in [0.1, 0.15) is 5.56 Å². The molecule has 0 aliphatic carbocycles. The molecule has 0 radical (unpaired) electrons. The number of hydrogen-bond donors (Lipinski definition) is 1. The summed E-state index contributed by atoms with van der Waals surface area (Å²) in [7, 11) is 1.66. The van der Waals surface area contributed by atoms with Gasteiger partial charge >= 0.3 is 0 Å². The van der Waals surface area contributed by atoms with Gasteiger partial charge in [0.2, 0.25) is 0 Å². The molecular weight excluding hydrogens is 198 g/mol. The van der Waals surface area contributed by atoms with Crippen molar-refractivity contribution in [2.45, 2.75) is 17.4 Å². The molecule has 0 aromatic heterocycles. The molecule has 2 rings (SSSR count). The molecule has 0 bridgehead atoms. The van der Waals surface area contributed by atoms with Crippen molar-refractivity contribution in [3.05, 3.63) is 23.8 Å². The molecule has 4 heteroatoms. The molecule has 1 aliphatic heterocycles. The lowest BCUT2D eigenvalue weighted by Gasteiger charge is -2.22. The highest BCUT2D eigenvalue weighted by atomic mass is 32.2. The van der Waals surface area contributed by atoms with Gasteiger partial charge in [0.1, 0.15) is 12.4 Å². The summed E-state index contributed by atoms with van der Waals surface area (Å²) in [6, 6.07) is 6.15. The Labute approximate surface area is 87.8 Å². The molecule has 0 amide bonds. The van der Waals surface area contributed by atoms with Gasteiger partial charge in [0.25, 0.3) is 0 Å². The molecule has 1 aromatic carbocycles. The predicted octanol–water partition coefficient (Wildman–Crippen LogP) is 1.60. The van der Waals surface area contributed by atoms with Crippen LogP contribution in [0.25, 0.3) is 0 Å². The van der Waals surface area contributed by atoms with Crippen LogP contribution in [-0.2, 0) is 10.6 Å². The van der Waals surface area contributed by atoms with Crippen LogP contribution >= 0.6 is 12.0 Å². The van der Waals surface area contributed by atoms with Gasteiger partial charge in [-0.15, -0.1) is 0 Å². The quantitative estimate of drug-likeness (QED) is 0.755. The monoisotopic (exact) mass is 211 g/mol. The molecule has 2 N–H and O–H groups in total. The standard InChI is InChI=1S/C10H13NO2S/c1-12-14-9-2-3-10-7(5-9)4-8(11)6-13-10/h2-3,5,8H,4,6,11H2,1H3. The van der Waals surface area contributed by atoms with Crippen molar-refractivity contribution >= 4 is 12.0 Å². The Morgan fingerprint density at radius 2 is 2.43 bits per heavy atom. The highest BCUT2D eigenvalue weighted by Gasteiger charge is 2.16. The molecule has 14 heavy (non-hydrogen) atoms. The van der Waals surface area contributed by atoms with Gasteiger partial charge in [0.05, 0.1) is 7.11 Å². The van der Waals surface area contributed by atoms with Gasteiger partial charge in [-0.3, -0.25) is 0 Å². The lowest BCUT2D eigenvalue weighted by Crippen LogP contribution is -2.33. The molecule has 3 nitrogen and oxygen atoms in total. The van der Waals surface area contributed by atoms with Crippen LogP contribution in [0.4, 0.5) is 0 Å². The van der Waals surface area contributed by atoms with Gasteiger partial charge in [-0.2, -0.15) is 0 Å². The third kappa shape index (κ3) is 2.03. The Balaban J connectivity index is 2.24. The molecule has 1 atom stereocenters. The smallest absolute Gasteiger partial charge is 0.122 e. The first-order chi connectivity index (χ1) is 6.79. The summed E-state index contributed by atoms with van der Waals surface area (Å²) in [5, 5.41) is 0. The second-order valence-corrected chi connectivity index (χ2v) is 4.27. The highest BCUT2D eigenvalue weighted by Crippen LogP contribution is 2.29. The zero-order valence-corrected chi connectivity index (χ0v) is 8.84. The topological polar surface area (TPSA) is 44.5 Å². The zero-order valence-electron chi connectivity index (χ0n) is 8.03. The van der Waals surface area contributed by atoms with E-state index in [1.807, 2.05) is 12.1 Å². The fourth-order valence-corrected chi connectivity index (χ4v) is 2.05. The van der Waals surface area contributed by atoms with Crippen molar-refractivity contribution in [3.8, 4) is 5.75 Å². The maximum atomic E-state index is 5.81. The van der Waals surface area contributed by atoms with Crippen LogP contribution in [0.3, 0.4) is 0 Å². The summed E-state index contributed by atoms with van der Waals surface area (Å²) >= 11 is 1.35. The van der Waals surface area contributed by atoms with Gasteiger partial charge in [-0.05, 0) is 30.2 Å². The van der Waals surface area contributed by atoms with Crippen molar-refractivity contribution in [2.75, 3.05) is 13.7 Å². The van der Waals surface area contributed by atoms with E-state index in [1.54, 1.807) is 7.11 Å². The van der Waals surface area contributed by atoms with E-state index >= 15 is 0 Å². The van der Waals surface area contributed by atoms with Gasteiger partial charge in [0.15, 0.2) is 0 Å². The minimum atomic E-state index is 0.116. The number of ether oxygens (including phenoxy) is 1. The fraction of sp³-hybridized carbons (Fsp3) is 0.400. The Morgan fingerprint density at radius 3 is 3.21 bits per heavy atom. The number of rotatable bonds is 2. The SMILES string of the molecule is COSc1ccc2c(c1)CC(N)CO2. The van der Waals surface area contributed by atoms with E-state index in [9.17, 15) is 0 Å². The molecule has 0 saturated carbocycles. The van der Waals surface area contributed by atoms with E-state index in [-0.39, 0.29) is 6.04 Å². The lowest BCUT2D eigenvalue weighted by atomic mass is 10.0. The first-order valence-corrected chi connectivity index (χ1v) is 5.25. The normalized spacial score (nSPS) is 20.0. The molecule has 0 saturated heterocycles. The summed E-state index contributed by atoms with van der Waals surface area (Å²) in [6.07, 6.45) is 0.882. The molecule has 1 aromatic rings. The Morgan fingerprint density at radius 1 is 1.57 bits per heavy atom. The second kappa shape index (κ2) is 4.21. The van der Waals surface area contributed by atoms with Crippen LogP contribution in [0.2, 0.25) is 0 Å². The maximum Gasteiger partial charge on any atom is 0.122 e. The largest absolute Gasteiger partial charge is 0.492 e. The van der Waals surface area contributed by atoms with Gasteiger partial charge < -0.3 is 14.7 Å². The van der Waals surface area contributed by atoms with E-state index < -0.39 is 0 Å². The third-order valence-electron chi connectivity index (χ3n) is 2.15. The number of hydrogen-bond acceptors (Lipinski definition) is 4. The van der Waals surface area contributed by atoms with E-state index in [0.29, 0.717) is 6.61 Å². The van der Waals surface area contributed by atoms with E-state index in [0.717, 1.165) is 17.1 Å². The average molecular weight is 211 g/mol.